The number of halogens is 3. The molecule has 134 valence electrons. The molecule has 0 aliphatic heterocycles. The highest BCUT2D eigenvalue weighted by atomic mass is 19.4. The topological polar surface area (TPSA) is 62.7 Å². The van der Waals surface area contributed by atoms with E-state index in [0.717, 1.165) is 29.8 Å². The van der Waals surface area contributed by atoms with E-state index in [2.05, 4.69) is 25.8 Å². The van der Waals surface area contributed by atoms with Crippen LogP contribution in [0.4, 0.5) is 36.3 Å². The van der Waals surface area contributed by atoms with Crippen LogP contribution in [-0.4, -0.2) is 15.2 Å². The number of alkyl halides is 3. The molecule has 0 radical (unpaired) electrons. The molecule has 0 saturated heterocycles. The molecule has 8 heteroatoms. The minimum absolute atomic E-state index is 0.253. The highest BCUT2D eigenvalue weighted by molar-refractivity contribution is 5.61. The number of hydrogen-bond acceptors (Lipinski definition) is 5. The number of benzene rings is 2. The molecule has 0 spiro atoms. The van der Waals surface area contributed by atoms with Gasteiger partial charge in [0, 0.05) is 11.4 Å². The summed E-state index contributed by atoms with van der Waals surface area (Å²) in [5.41, 5.74) is 1.47. The van der Waals surface area contributed by atoms with Crippen molar-refractivity contribution in [3.63, 3.8) is 0 Å². The second-order valence-electron chi connectivity index (χ2n) is 5.50. The van der Waals surface area contributed by atoms with E-state index in [1.807, 2.05) is 31.2 Å². The third kappa shape index (κ3) is 4.27. The van der Waals surface area contributed by atoms with Crippen molar-refractivity contribution in [2.24, 2.45) is 0 Å². The van der Waals surface area contributed by atoms with Gasteiger partial charge in [0.15, 0.2) is 5.82 Å². The Kier molecular flexibility index (Phi) is 5.01. The molecular formula is C18H16F3N5. The van der Waals surface area contributed by atoms with Crippen molar-refractivity contribution in [1.29, 1.82) is 0 Å². The fourth-order valence-corrected chi connectivity index (χ4v) is 2.41. The number of rotatable bonds is 5. The summed E-state index contributed by atoms with van der Waals surface area (Å²) in [6.45, 7) is 2.03. The van der Waals surface area contributed by atoms with Crippen molar-refractivity contribution in [3.8, 4) is 0 Å². The van der Waals surface area contributed by atoms with Gasteiger partial charge < -0.3 is 10.6 Å². The van der Waals surface area contributed by atoms with Crippen molar-refractivity contribution in [1.82, 2.24) is 15.2 Å². The van der Waals surface area contributed by atoms with Gasteiger partial charge in [-0.2, -0.15) is 23.3 Å². The highest BCUT2D eigenvalue weighted by Crippen LogP contribution is 2.31. The molecular weight excluding hydrogens is 343 g/mol. The Labute approximate surface area is 148 Å². The predicted octanol–water partition coefficient (Wildman–Crippen LogP) is 4.94. The Bertz CT molecular complexity index is 896. The minimum Gasteiger partial charge on any atom is -0.339 e. The van der Waals surface area contributed by atoms with Gasteiger partial charge >= 0.3 is 6.18 Å². The third-order valence-corrected chi connectivity index (χ3v) is 3.67. The van der Waals surface area contributed by atoms with Gasteiger partial charge in [-0.05, 0) is 36.2 Å². The Morgan fingerprint density at radius 3 is 2.58 bits per heavy atom. The molecule has 1 aromatic heterocycles. The van der Waals surface area contributed by atoms with Crippen LogP contribution in [0.2, 0.25) is 0 Å². The molecule has 0 bridgehead atoms. The largest absolute Gasteiger partial charge is 0.416 e. The number of aromatic nitrogens is 3. The van der Waals surface area contributed by atoms with E-state index in [9.17, 15) is 13.2 Å². The molecule has 3 aromatic rings. The maximum Gasteiger partial charge on any atom is 0.416 e. The lowest BCUT2D eigenvalue weighted by atomic mass is 10.1. The van der Waals surface area contributed by atoms with Crippen LogP contribution in [0.15, 0.2) is 54.7 Å². The van der Waals surface area contributed by atoms with Gasteiger partial charge in [0.1, 0.15) is 0 Å². The first-order chi connectivity index (χ1) is 12.5. The van der Waals surface area contributed by atoms with Gasteiger partial charge in [-0.25, -0.2) is 0 Å². The number of nitrogens with one attached hydrogen (secondary N) is 2. The van der Waals surface area contributed by atoms with E-state index < -0.39 is 11.7 Å². The van der Waals surface area contributed by atoms with Crippen molar-refractivity contribution in [2.75, 3.05) is 10.6 Å². The van der Waals surface area contributed by atoms with Crippen LogP contribution >= 0.6 is 0 Å². The normalized spacial score (nSPS) is 11.2. The zero-order valence-corrected chi connectivity index (χ0v) is 13.9. The van der Waals surface area contributed by atoms with E-state index >= 15 is 0 Å². The maximum absolute atomic E-state index is 12.8. The Morgan fingerprint density at radius 2 is 1.81 bits per heavy atom. The molecule has 0 unspecified atom stereocenters. The first-order valence-electron chi connectivity index (χ1n) is 7.94. The van der Waals surface area contributed by atoms with Crippen LogP contribution in [0.3, 0.4) is 0 Å². The zero-order chi connectivity index (χ0) is 18.6. The monoisotopic (exact) mass is 359 g/mol. The molecule has 0 aliphatic rings. The summed E-state index contributed by atoms with van der Waals surface area (Å²) in [5.74, 6) is 0.540. The highest BCUT2D eigenvalue weighted by Gasteiger charge is 2.30. The van der Waals surface area contributed by atoms with Gasteiger partial charge in [-0.3, -0.25) is 0 Å². The molecule has 1 heterocycles. The maximum atomic E-state index is 12.8. The molecule has 3 rings (SSSR count). The summed E-state index contributed by atoms with van der Waals surface area (Å²) in [4.78, 5) is 4.25. The fraction of sp³-hybridized carbons (Fsp3) is 0.167. The lowest BCUT2D eigenvalue weighted by Gasteiger charge is -2.11. The second kappa shape index (κ2) is 7.38. The van der Waals surface area contributed by atoms with E-state index in [0.29, 0.717) is 0 Å². The Balaban J connectivity index is 1.80. The first-order valence-corrected chi connectivity index (χ1v) is 7.94. The van der Waals surface area contributed by atoms with E-state index in [1.165, 1.54) is 18.3 Å². The van der Waals surface area contributed by atoms with Crippen LogP contribution in [0.5, 0.6) is 0 Å². The summed E-state index contributed by atoms with van der Waals surface area (Å²) in [6, 6.07) is 12.6. The number of para-hydroxylation sites is 1. The summed E-state index contributed by atoms with van der Waals surface area (Å²) in [5, 5.41) is 13.7. The van der Waals surface area contributed by atoms with Crippen LogP contribution in [0, 0.1) is 0 Å². The van der Waals surface area contributed by atoms with Gasteiger partial charge in [0.05, 0.1) is 11.8 Å². The fourth-order valence-electron chi connectivity index (χ4n) is 2.41. The quantitative estimate of drug-likeness (QED) is 0.676. The predicted molar refractivity (Wildman–Crippen MR) is 93.7 cm³/mol. The smallest absolute Gasteiger partial charge is 0.339 e. The Morgan fingerprint density at radius 1 is 1.00 bits per heavy atom. The van der Waals surface area contributed by atoms with Gasteiger partial charge in [0.25, 0.3) is 0 Å². The molecule has 26 heavy (non-hydrogen) atoms. The van der Waals surface area contributed by atoms with Crippen molar-refractivity contribution in [3.05, 3.63) is 65.9 Å². The van der Waals surface area contributed by atoms with E-state index in [4.69, 9.17) is 0 Å². The molecule has 5 nitrogen and oxygen atoms in total. The minimum atomic E-state index is -4.40. The van der Waals surface area contributed by atoms with Crippen molar-refractivity contribution < 1.29 is 13.2 Å². The molecule has 2 N–H and O–H groups in total. The van der Waals surface area contributed by atoms with Gasteiger partial charge in [-0.15, -0.1) is 5.10 Å². The Hall–Kier alpha value is -3.16. The van der Waals surface area contributed by atoms with Crippen molar-refractivity contribution >= 4 is 23.1 Å². The van der Waals surface area contributed by atoms with Crippen LogP contribution in [0.25, 0.3) is 0 Å². The van der Waals surface area contributed by atoms with Gasteiger partial charge in [0.2, 0.25) is 5.95 Å². The third-order valence-electron chi connectivity index (χ3n) is 3.67. The van der Waals surface area contributed by atoms with E-state index in [-0.39, 0.29) is 17.5 Å². The van der Waals surface area contributed by atoms with Crippen LogP contribution in [0.1, 0.15) is 18.1 Å². The van der Waals surface area contributed by atoms with Crippen LogP contribution < -0.4 is 10.6 Å². The summed E-state index contributed by atoms with van der Waals surface area (Å²) in [6.07, 6.45) is -2.23. The standard InChI is InChI=1S/C18H16F3N5/c1-2-12-6-3-4-9-15(12)24-17-25-16(11-22-26-17)23-14-8-5-7-13(10-14)18(19,20)21/h3-11H,2H2,1H3,(H2,23,24,25,26). The molecule has 0 atom stereocenters. The first kappa shape index (κ1) is 17.7. The van der Waals surface area contributed by atoms with Crippen molar-refractivity contribution in [2.45, 2.75) is 19.5 Å². The number of nitrogens with zero attached hydrogens (tertiary/aromatic N) is 3. The molecule has 0 saturated carbocycles. The molecule has 0 aliphatic carbocycles. The average molecular weight is 359 g/mol. The van der Waals surface area contributed by atoms with E-state index in [1.54, 1.807) is 0 Å². The average Bonchev–Trinajstić information content (AvgIpc) is 2.62. The number of aryl methyl sites for hydroxylation is 1. The molecule has 0 amide bonds. The molecule has 2 aromatic carbocycles. The molecule has 0 fully saturated rings. The SMILES string of the molecule is CCc1ccccc1Nc1nncc(Nc2cccc(C(F)(F)F)c2)n1. The second-order valence-corrected chi connectivity index (χ2v) is 5.50. The van der Waals surface area contributed by atoms with Gasteiger partial charge in [-0.1, -0.05) is 31.2 Å². The summed E-state index contributed by atoms with van der Waals surface area (Å²) in [7, 11) is 0. The van der Waals surface area contributed by atoms with Crippen LogP contribution in [-0.2, 0) is 12.6 Å². The summed E-state index contributed by atoms with van der Waals surface area (Å²) < 4.78 is 38.4. The lowest BCUT2D eigenvalue weighted by Crippen LogP contribution is -2.06. The zero-order valence-electron chi connectivity index (χ0n) is 13.9. The lowest BCUT2D eigenvalue weighted by molar-refractivity contribution is -0.137. The summed E-state index contributed by atoms with van der Waals surface area (Å²) >= 11 is 0. The number of hydrogen-bond donors (Lipinski definition) is 2. The number of anilines is 4.